The number of sulfone groups is 1. The van der Waals surface area contributed by atoms with E-state index in [-0.39, 0.29) is 0 Å². The fraction of sp³-hybridized carbons (Fsp3) is 1.00. The number of hydrogen-bond acceptors (Lipinski definition) is 4. The van der Waals surface area contributed by atoms with Gasteiger partial charge in [0, 0.05) is 6.61 Å². The minimum Gasteiger partial charge on any atom is -0.378 e. The number of hydrogen-bond donors (Lipinski definition) is 1. The van der Waals surface area contributed by atoms with E-state index in [1.54, 1.807) is 0 Å². The Hall–Kier alpha value is -0.130. The van der Waals surface area contributed by atoms with E-state index in [2.05, 4.69) is 12.2 Å². The SMILES string of the molecule is CCCNCC(CC1CCCO1)C1CCS(=O)(=O)C1. The van der Waals surface area contributed by atoms with Crippen LogP contribution >= 0.6 is 0 Å². The van der Waals surface area contributed by atoms with Crippen LogP contribution in [0, 0.1) is 11.8 Å². The molecule has 0 aromatic carbocycles. The van der Waals surface area contributed by atoms with E-state index in [0.717, 1.165) is 51.8 Å². The third kappa shape index (κ3) is 4.72. The molecule has 112 valence electrons. The van der Waals surface area contributed by atoms with Crippen molar-refractivity contribution in [2.75, 3.05) is 31.2 Å². The average molecular weight is 289 g/mol. The summed E-state index contributed by atoms with van der Waals surface area (Å²) in [6, 6.07) is 0. The van der Waals surface area contributed by atoms with Gasteiger partial charge in [0.2, 0.25) is 0 Å². The highest BCUT2D eigenvalue weighted by Crippen LogP contribution is 2.31. The molecule has 0 bridgehead atoms. The minimum atomic E-state index is -2.77. The van der Waals surface area contributed by atoms with E-state index in [1.807, 2.05) is 0 Å². The molecule has 1 N–H and O–H groups in total. The summed E-state index contributed by atoms with van der Waals surface area (Å²) >= 11 is 0. The van der Waals surface area contributed by atoms with Gasteiger partial charge in [-0.25, -0.2) is 8.42 Å². The fourth-order valence-corrected chi connectivity index (χ4v) is 5.19. The number of nitrogens with one attached hydrogen (secondary N) is 1. The normalized spacial score (nSPS) is 31.6. The van der Waals surface area contributed by atoms with Crippen LogP contribution in [-0.2, 0) is 14.6 Å². The number of rotatable bonds is 7. The molecule has 4 nitrogen and oxygen atoms in total. The van der Waals surface area contributed by atoms with Gasteiger partial charge in [0.1, 0.15) is 0 Å². The van der Waals surface area contributed by atoms with Crippen LogP contribution < -0.4 is 5.32 Å². The van der Waals surface area contributed by atoms with Gasteiger partial charge in [0.05, 0.1) is 17.6 Å². The second kappa shape index (κ2) is 7.04. The van der Waals surface area contributed by atoms with Crippen LogP contribution in [0.1, 0.15) is 39.0 Å². The molecule has 0 radical (unpaired) electrons. The Morgan fingerprint density at radius 1 is 1.37 bits per heavy atom. The third-order valence-corrected chi connectivity index (χ3v) is 6.15. The van der Waals surface area contributed by atoms with Crippen LogP contribution in [0.15, 0.2) is 0 Å². The third-order valence-electron chi connectivity index (χ3n) is 4.36. The van der Waals surface area contributed by atoms with Gasteiger partial charge < -0.3 is 10.1 Å². The highest BCUT2D eigenvalue weighted by Gasteiger charge is 2.35. The summed E-state index contributed by atoms with van der Waals surface area (Å²) in [4.78, 5) is 0. The fourth-order valence-electron chi connectivity index (χ4n) is 3.27. The van der Waals surface area contributed by atoms with Crippen molar-refractivity contribution in [1.29, 1.82) is 0 Å². The lowest BCUT2D eigenvalue weighted by atomic mass is 9.86. The summed E-state index contributed by atoms with van der Waals surface area (Å²) < 4.78 is 29.0. The van der Waals surface area contributed by atoms with E-state index in [9.17, 15) is 8.42 Å². The van der Waals surface area contributed by atoms with E-state index in [4.69, 9.17) is 4.74 Å². The highest BCUT2D eigenvalue weighted by atomic mass is 32.2. The van der Waals surface area contributed by atoms with Gasteiger partial charge in [-0.15, -0.1) is 0 Å². The zero-order valence-corrected chi connectivity index (χ0v) is 12.8. The molecular formula is C14H27NO3S. The van der Waals surface area contributed by atoms with Crippen molar-refractivity contribution in [2.45, 2.75) is 45.1 Å². The van der Waals surface area contributed by atoms with Crippen molar-refractivity contribution in [1.82, 2.24) is 5.32 Å². The first-order valence-electron chi connectivity index (χ1n) is 7.63. The van der Waals surface area contributed by atoms with Gasteiger partial charge in [-0.1, -0.05) is 6.92 Å². The Balaban J connectivity index is 1.89. The Morgan fingerprint density at radius 3 is 2.79 bits per heavy atom. The van der Waals surface area contributed by atoms with Crippen molar-refractivity contribution in [3.63, 3.8) is 0 Å². The summed E-state index contributed by atoms with van der Waals surface area (Å²) in [5.74, 6) is 1.55. The molecular weight excluding hydrogens is 262 g/mol. The Morgan fingerprint density at radius 2 is 2.21 bits per heavy atom. The van der Waals surface area contributed by atoms with Crippen molar-refractivity contribution >= 4 is 9.84 Å². The Labute approximate surface area is 117 Å². The molecule has 5 heteroatoms. The molecule has 0 aromatic heterocycles. The first-order valence-corrected chi connectivity index (χ1v) is 9.45. The summed E-state index contributed by atoms with van der Waals surface area (Å²) in [5.41, 5.74) is 0. The summed E-state index contributed by atoms with van der Waals surface area (Å²) in [5, 5.41) is 3.46. The smallest absolute Gasteiger partial charge is 0.150 e. The van der Waals surface area contributed by atoms with Crippen LogP contribution in [0.25, 0.3) is 0 Å². The largest absolute Gasteiger partial charge is 0.378 e. The summed E-state index contributed by atoms with van der Waals surface area (Å²) in [7, 11) is -2.77. The molecule has 2 fully saturated rings. The molecule has 0 aliphatic carbocycles. The zero-order chi connectivity index (χ0) is 13.7. The topological polar surface area (TPSA) is 55.4 Å². The quantitative estimate of drug-likeness (QED) is 0.723. The maximum absolute atomic E-state index is 11.7. The van der Waals surface area contributed by atoms with Crippen LogP contribution in [-0.4, -0.2) is 45.7 Å². The molecule has 0 aromatic rings. The van der Waals surface area contributed by atoms with E-state index in [0.29, 0.717) is 29.4 Å². The lowest BCUT2D eigenvalue weighted by Gasteiger charge is -2.25. The van der Waals surface area contributed by atoms with Crippen molar-refractivity contribution in [2.24, 2.45) is 11.8 Å². The monoisotopic (exact) mass is 289 g/mol. The average Bonchev–Trinajstić information content (AvgIpc) is 2.97. The molecule has 2 aliphatic heterocycles. The Bertz CT molecular complexity index is 363. The molecule has 2 saturated heterocycles. The van der Waals surface area contributed by atoms with Crippen molar-refractivity contribution < 1.29 is 13.2 Å². The van der Waals surface area contributed by atoms with Gasteiger partial charge in [-0.2, -0.15) is 0 Å². The highest BCUT2D eigenvalue weighted by molar-refractivity contribution is 7.91. The van der Waals surface area contributed by atoms with E-state index < -0.39 is 9.84 Å². The van der Waals surface area contributed by atoms with Gasteiger partial charge >= 0.3 is 0 Å². The molecule has 0 amide bonds. The second-order valence-electron chi connectivity index (χ2n) is 6.00. The van der Waals surface area contributed by atoms with Crippen molar-refractivity contribution in [3.05, 3.63) is 0 Å². The zero-order valence-electron chi connectivity index (χ0n) is 11.9. The first kappa shape index (κ1) is 15.3. The lowest BCUT2D eigenvalue weighted by molar-refractivity contribution is 0.0808. The standard InChI is InChI=1S/C14H27NO3S/c1-2-6-15-10-13(9-14-4-3-7-18-14)12-5-8-19(16,17)11-12/h12-15H,2-11H2,1H3. The maximum atomic E-state index is 11.7. The predicted octanol–water partition coefficient (Wildman–Crippen LogP) is 1.61. The molecule has 3 atom stereocenters. The van der Waals surface area contributed by atoms with Gasteiger partial charge in [0.15, 0.2) is 9.84 Å². The Kier molecular flexibility index (Phi) is 5.66. The summed E-state index contributed by atoms with van der Waals surface area (Å²) in [6.07, 6.45) is 5.64. The van der Waals surface area contributed by atoms with Gasteiger partial charge in [-0.3, -0.25) is 0 Å². The lowest BCUT2D eigenvalue weighted by Crippen LogP contribution is -2.32. The van der Waals surface area contributed by atoms with Crippen LogP contribution in [0.2, 0.25) is 0 Å². The molecule has 3 unspecified atom stereocenters. The summed E-state index contributed by atoms with van der Waals surface area (Å²) in [6.45, 7) is 4.99. The van der Waals surface area contributed by atoms with Crippen molar-refractivity contribution in [3.8, 4) is 0 Å². The molecule has 2 heterocycles. The molecule has 2 aliphatic rings. The van der Waals surface area contributed by atoms with Crippen LogP contribution in [0.3, 0.4) is 0 Å². The molecule has 19 heavy (non-hydrogen) atoms. The van der Waals surface area contributed by atoms with Gasteiger partial charge in [0.25, 0.3) is 0 Å². The van der Waals surface area contributed by atoms with E-state index in [1.165, 1.54) is 0 Å². The second-order valence-corrected chi connectivity index (χ2v) is 8.23. The first-order chi connectivity index (χ1) is 9.11. The van der Waals surface area contributed by atoms with Gasteiger partial charge in [-0.05, 0) is 57.0 Å². The maximum Gasteiger partial charge on any atom is 0.150 e. The number of ether oxygens (including phenoxy) is 1. The predicted molar refractivity (Wildman–Crippen MR) is 77.0 cm³/mol. The molecule has 0 saturated carbocycles. The van der Waals surface area contributed by atoms with Crippen LogP contribution in [0.4, 0.5) is 0 Å². The van der Waals surface area contributed by atoms with E-state index >= 15 is 0 Å². The molecule has 2 rings (SSSR count). The molecule has 0 spiro atoms. The van der Waals surface area contributed by atoms with Crippen LogP contribution in [0.5, 0.6) is 0 Å². The minimum absolute atomic E-state index is 0.332.